The number of oxazole rings is 1. The van der Waals surface area contributed by atoms with E-state index in [9.17, 15) is 4.79 Å². The Hall–Kier alpha value is -1.32. The molecule has 1 aromatic heterocycles. The molecular formula is C13H18N2O2. The fourth-order valence-electron chi connectivity index (χ4n) is 3.50. The molecule has 0 bridgehead atoms. The number of hydrogen-bond acceptors (Lipinski definition) is 3. The molecule has 0 saturated heterocycles. The largest absolute Gasteiger partial charge is 0.448 e. The summed E-state index contributed by atoms with van der Waals surface area (Å²) < 4.78 is 5.06. The third kappa shape index (κ3) is 1.85. The molecule has 2 fully saturated rings. The molecule has 92 valence electrons. The lowest BCUT2D eigenvalue weighted by atomic mass is 9.97. The summed E-state index contributed by atoms with van der Waals surface area (Å²) in [5.41, 5.74) is 0.437. The van der Waals surface area contributed by atoms with Crippen LogP contribution in [0, 0.1) is 18.8 Å². The maximum absolute atomic E-state index is 12.0. The van der Waals surface area contributed by atoms with E-state index in [4.69, 9.17) is 4.42 Å². The standard InChI is InChI=1S/C13H18N2O2/c1-8-12(14-7-17-8)13(16)15-11-6-5-9-3-2-4-10(9)11/h7,9-11H,2-6H2,1H3,(H,15,16)/t9-,10-,11-/m1/s1. The molecular weight excluding hydrogens is 216 g/mol. The number of aromatic nitrogens is 1. The maximum atomic E-state index is 12.0. The zero-order valence-corrected chi connectivity index (χ0v) is 10.1. The first-order valence-corrected chi connectivity index (χ1v) is 6.46. The Morgan fingerprint density at radius 3 is 3.06 bits per heavy atom. The predicted octanol–water partition coefficient (Wildman–Crippen LogP) is 2.29. The summed E-state index contributed by atoms with van der Waals surface area (Å²) in [4.78, 5) is 16.0. The molecule has 0 radical (unpaired) electrons. The molecule has 0 aromatic carbocycles. The summed E-state index contributed by atoms with van der Waals surface area (Å²) in [6.07, 6.45) is 7.67. The van der Waals surface area contributed by atoms with Gasteiger partial charge in [-0.2, -0.15) is 0 Å². The van der Waals surface area contributed by atoms with E-state index in [-0.39, 0.29) is 5.91 Å². The minimum atomic E-state index is -0.0752. The number of hydrogen-bond donors (Lipinski definition) is 1. The lowest BCUT2D eigenvalue weighted by Gasteiger charge is -2.19. The number of nitrogens with zero attached hydrogens (tertiary/aromatic N) is 1. The molecule has 1 aromatic rings. The van der Waals surface area contributed by atoms with Crippen molar-refractivity contribution >= 4 is 5.91 Å². The van der Waals surface area contributed by atoms with Gasteiger partial charge in [-0.3, -0.25) is 4.79 Å². The highest BCUT2D eigenvalue weighted by atomic mass is 16.3. The van der Waals surface area contributed by atoms with Crippen LogP contribution in [0.4, 0.5) is 0 Å². The van der Waals surface area contributed by atoms with E-state index < -0.39 is 0 Å². The number of nitrogens with one attached hydrogen (secondary N) is 1. The number of carbonyl (C=O) groups is 1. The highest BCUT2D eigenvalue weighted by molar-refractivity contribution is 5.93. The normalized spacial score (nSPS) is 31.5. The van der Waals surface area contributed by atoms with Crippen LogP contribution in [0.2, 0.25) is 0 Å². The minimum absolute atomic E-state index is 0.0752. The van der Waals surface area contributed by atoms with Crippen LogP contribution in [0.5, 0.6) is 0 Å². The zero-order valence-electron chi connectivity index (χ0n) is 10.1. The van der Waals surface area contributed by atoms with Gasteiger partial charge >= 0.3 is 0 Å². The molecule has 1 heterocycles. The van der Waals surface area contributed by atoms with E-state index in [1.807, 2.05) is 0 Å². The Morgan fingerprint density at radius 1 is 1.41 bits per heavy atom. The van der Waals surface area contributed by atoms with Crippen LogP contribution < -0.4 is 5.32 Å². The van der Waals surface area contributed by atoms with Gasteiger partial charge in [-0.25, -0.2) is 4.98 Å². The monoisotopic (exact) mass is 234 g/mol. The predicted molar refractivity (Wildman–Crippen MR) is 62.6 cm³/mol. The number of rotatable bonds is 2. The summed E-state index contributed by atoms with van der Waals surface area (Å²) in [6, 6.07) is 0.353. The van der Waals surface area contributed by atoms with Crippen molar-refractivity contribution in [2.45, 2.75) is 45.1 Å². The van der Waals surface area contributed by atoms with Gasteiger partial charge in [0.1, 0.15) is 5.76 Å². The summed E-state index contributed by atoms with van der Waals surface area (Å²) in [5.74, 6) is 2.07. The van der Waals surface area contributed by atoms with E-state index in [1.54, 1.807) is 6.92 Å². The molecule has 0 spiro atoms. The second-order valence-corrected chi connectivity index (χ2v) is 5.27. The molecule has 4 nitrogen and oxygen atoms in total. The van der Waals surface area contributed by atoms with Crippen LogP contribution in [0.3, 0.4) is 0 Å². The van der Waals surface area contributed by atoms with Crippen LogP contribution in [0.25, 0.3) is 0 Å². The second kappa shape index (κ2) is 4.17. The Labute approximate surface area is 101 Å². The second-order valence-electron chi connectivity index (χ2n) is 5.27. The van der Waals surface area contributed by atoms with Gasteiger partial charge in [0.25, 0.3) is 5.91 Å². The molecule has 3 atom stereocenters. The molecule has 1 amide bonds. The van der Waals surface area contributed by atoms with Gasteiger partial charge in [0.15, 0.2) is 12.1 Å². The SMILES string of the molecule is Cc1ocnc1C(=O)N[C@@H]1CC[C@H]2CCC[C@H]21. The third-order valence-corrected chi connectivity index (χ3v) is 4.36. The summed E-state index contributed by atoms with van der Waals surface area (Å²) in [7, 11) is 0. The zero-order chi connectivity index (χ0) is 11.8. The lowest BCUT2D eigenvalue weighted by molar-refractivity contribution is 0.0920. The van der Waals surface area contributed by atoms with Crippen molar-refractivity contribution in [2.75, 3.05) is 0 Å². The van der Waals surface area contributed by atoms with E-state index in [0.717, 1.165) is 12.3 Å². The van der Waals surface area contributed by atoms with Gasteiger partial charge in [-0.1, -0.05) is 12.8 Å². The number of amides is 1. The van der Waals surface area contributed by atoms with Gasteiger partial charge in [0.2, 0.25) is 0 Å². The van der Waals surface area contributed by atoms with Crippen molar-refractivity contribution in [3.63, 3.8) is 0 Å². The molecule has 3 rings (SSSR count). The highest BCUT2D eigenvalue weighted by Gasteiger charge is 2.39. The molecule has 0 aliphatic heterocycles. The van der Waals surface area contributed by atoms with Crippen molar-refractivity contribution in [3.05, 3.63) is 17.8 Å². The Morgan fingerprint density at radius 2 is 2.29 bits per heavy atom. The first-order chi connectivity index (χ1) is 8.25. The molecule has 2 saturated carbocycles. The number of aryl methyl sites for hydroxylation is 1. The van der Waals surface area contributed by atoms with E-state index in [0.29, 0.717) is 23.4 Å². The van der Waals surface area contributed by atoms with Crippen LogP contribution >= 0.6 is 0 Å². The van der Waals surface area contributed by atoms with Crippen molar-refractivity contribution in [1.29, 1.82) is 0 Å². The molecule has 1 N–H and O–H groups in total. The first-order valence-electron chi connectivity index (χ1n) is 6.46. The Kier molecular flexibility index (Phi) is 2.65. The fourth-order valence-corrected chi connectivity index (χ4v) is 3.50. The molecule has 17 heavy (non-hydrogen) atoms. The molecule has 4 heteroatoms. The highest BCUT2D eigenvalue weighted by Crippen LogP contribution is 2.43. The quantitative estimate of drug-likeness (QED) is 0.854. The van der Waals surface area contributed by atoms with Crippen molar-refractivity contribution in [2.24, 2.45) is 11.8 Å². The topological polar surface area (TPSA) is 55.1 Å². The average molecular weight is 234 g/mol. The number of carbonyl (C=O) groups excluding carboxylic acids is 1. The Bertz CT molecular complexity index is 427. The van der Waals surface area contributed by atoms with Crippen molar-refractivity contribution in [3.8, 4) is 0 Å². The molecule has 2 aliphatic rings. The van der Waals surface area contributed by atoms with Gasteiger partial charge in [0.05, 0.1) is 0 Å². The summed E-state index contributed by atoms with van der Waals surface area (Å²) in [6.45, 7) is 1.77. The van der Waals surface area contributed by atoms with Crippen LogP contribution in [0.15, 0.2) is 10.8 Å². The smallest absolute Gasteiger partial charge is 0.273 e. The number of fused-ring (bicyclic) bond motifs is 1. The van der Waals surface area contributed by atoms with Crippen molar-refractivity contribution in [1.82, 2.24) is 10.3 Å². The average Bonchev–Trinajstić information content (AvgIpc) is 2.96. The van der Waals surface area contributed by atoms with Crippen molar-refractivity contribution < 1.29 is 9.21 Å². The van der Waals surface area contributed by atoms with Crippen LogP contribution in [-0.2, 0) is 0 Å². The van der Waals surface area contributed by atoms with Gasteiger partial charge in [-0.15, -0.1) is 0 Å². The van der Waals surface area contributed by atoms with E-state index >= 15 is 0 Å². The maximum Gasteiger partial charge on any atom is 0.273 e. The van der Waals surface area contributed by atoms with Crippen LogP contribution in [0.1, 0.15) is 48.4 Å². The lowest BCUT2D eigenvalue weighted by Crippen LogP contribution is -2.38. The summed E-state index contributed by atoms with van der Waals surface area (Å²) >= 11 is 0. The minimum Gasteiger partial charge on any atom is -0.448 e. The third-order valence-electron chi connectivity index (χ3n) is 4.36. The van der Waals surface area contributed by atoms with E-state index in [1.165, 1.54) is 32.1 Å². The van der Waals surface area contributed by atoms with Gasteiger partial charge in [0, 0.05) is 6.04 Å². The summed E-state index contributed by atoms with van der Waals surface area (Å²) in [5, 5.41) is 3.13. The fraction of sp³-hybridized carbons (Fsp3) is 0.692. The molecule has 0 unspecified atom stereocenters. The van der Waals surface area contributed by atoms with Gasteiger partial charge in [-0.05, 0) is 38.0 Å². The van der Waals surface area contributed by atoms with Gasteiger partial charge < -0.3 is 9.73 Å². The first kappa shape index (κ1) is 10.8. The molecule has 2 aliphatic carbocycles. The Balaban J connectivity index is 1.68. The van der Waals surface area contributed by atoms with Crippen LogP contribution in [-0.4, -0.2) is 16.9 Å². The van der Waals surface area contributed by atoms with E-state index in [2.05, 4.69) is 10.3 Å².